The van der Waals surface area contributed by atoms with Crippen LogP contribution in [0.4, 0.5) is 8.78 Å². The van der Waals surface area contributed by atoms with Crippen LogP contribution in [0.1, 0.15) is 55.7 Å². The van der Waals surface area contributed by atoms with E-state index in [4.69, 9.17) is 0 Å². The lowest BCUT2D eigenvalue weighted by atomic mass is 9.66. The first kappa shape index (κ1) is 17.6. The number of hydrogen-bond donors (Lipinski definition) is 2. The average molecular weight is 353 g/mol. The first-order valence-electron chi connectivity index (χ1n) is 8.50. The number of amides is 1. The molecule has 2 aliphatic carbocycles. The fraction of sp³-hybridized carbons (Fsp3) is 0.556. The lowest BCUT2D eigenvalue weighted by Crippen LogP contribution is -2.43. The quantitative estimate of drug-likeness (QED) is 0.822. The molecule has 1 fully saturated rings. The maximum absolute atomic E-state index is 12.3. The number of alkyl halides is 2. The topological polar surface area (TPSA) is 75.6 Å². The van der Waals surface area contributed by atoms with Crippen LogP contribution in [0.3, 0.4) is 0 Å². The molecule has 136 valence electrons. The van der Waals surface area contributed by atoms with Crippen molar-refractivity contribution in [1.29, 1.82) is 0 Å². The predicted octanol–water partition coefficient (Wildman–Crippen LogP) is 3.43. The standard InChI is InChI=1S/C18H21F2NO4/c19-17(20)25-12-5-6-13-11(9-12)3-1-4-14(13)21-15(22)10-18(16(23)24)7-2-8-18/h5-6,9,14,17H,1-4,7-8,10H2,(H,21,22)(H,23,24). The SMILES string of the molecule is O=C(CC1(C(=O)O)CCC1)NC1CCCc2cc(OC(F)F)ccc21. The van der Waals surface area contributed by atoms with Crippen LogP contribution in [0.15, 0.2) is 18.2 Å². The van der Waals surface area contributed by atoms with Crippen molar-refractivity contribution in [2.75, 3.05) is 0 Å². The van der Waals surface area contributed by atoms with E-state index in [2.05, 4.69) is 10.1 Å². The van der Waals surface area contributed by atoms with E-state index in [1.54, 1.807) is 12.1 Å². The van der Waals surface area contributed by atoms with Crippen molar-refractivity contribution < 1.29 is 28.2 Å². The normalized spacial score (nSPS) is 21.2. The first-order valence-corrected chi connectivity index (χ1v) is 8.50. The monoisotopic (exact) mass is 353 g/mol. The number of carboxylic acids is 1. The van der Waals surface area contributed by atoms with Crippen LogP contribution in [0.2, 0.25) is 0 Å². The van der Waals surface area contributed by atoms with E-state index in [-0.39, 0.29) is 24.1 Å². The number of rotatable bonds is 6. The van der Waals surface area contributed by atoms with E-state index < -0.39 is 18.0 Å². The Morgan fingerprint density at radius 1 is 1.32 bits per heavy atom. The molecule has 0 bridgehead atoms. The zero-order valence-electron chi connectivity index (χ0n) is 13.8. The Hall–Kier alpha value is -2.18. The molecule has 0 aliphatic heterocycles. The Kier molecular flexibility index (Phi) is 4.92. The summed E-state index contributed by atoms with van der Waals surface area (Å²) in [5, 5.41) is 12.3. The van der Waals surface area contributed by atoms with Gasteiger partial charge in [-0.25, -0.2) is 0 Å². The molecule has 1 atom stereocenters. The Labute approximate surface area is 144 Å². The summed E-state index contributed by atoms with van der Waals surface area (Å²) >= 11 is 0. The van der Waals surface area contributed by atoms with Gasteiger partial charge < -0.3 is 15.2 Å². The van der Waals surface area contributed by atoms with Crippen molar-refractivity contribution in [3.63, 3.8) is 0 Å². The van der Waals surface area contributed by atoms with Crippen LogP contribution in [0.25, 0.3) is 0 Å². The van der Waals surface area contributed by atoms with Gasteiger partial charge >= 0.3 is 12.6 Å². The minimum atomic E-state index is -2.87. The molecule has 3 rings (SSSR count). The zero-order valence-corrected chi connectivity index (χ0v) is 13.8. The van der Waals surface area contributed by atoms with Gasteiger partial charge in [0.05, 0.1) is 11.5 Å². The maximum Gasteiger partial charge on any atom is 0.387 e. The smallest absolute Gasteiger partial charge is 0.387 e. The second-order valence-corrected chi connectivity index (χ2v) is 6.87. The van der Waals surface area contributed by atoms with Gasteiger partial charge in [-0.1, -0.05) is 12.5 Å². The molecule has 0 spiro atoms. The van der Waals surface area contributed by atoms with Crippen molar-refractivity contribution >= 4 is 11.9 Å². The minimum Gasteiger partial charge on any atom is -0.481 e. The summed E-state index contributed by atoms with van der Waals surface area (Å²) in [5.41, 5.74) is 0.849. The summed E-state index contributed by atoms with van der Waals surface area (Å²) in [4.78, 5) is 23.7. The third-order valence-corrected chi connectivity index (χ3v) is 5.25. The highest BCUT2D eigenvalue weighted by Gasteiger charge is 2.46. The van der Waals surface area contributed by atoms with Gasteiger partial charge in [0.25, 0.3) is 0 Å². The Morgan fingerprint density at radius 2 is 2.08 bits per heavy atom. The Morgan fingerprint density at radius 3 is 2.68 bits per heavy atom. The van der Waals surface area contributed by atoms with Gasteiger partial charge in [0, 0.05) is 6.42 Å². The second-order valence-electron chi connectivity index (χ2n) is 6.87. The molecule has 0 aromatic heterocycles. The number of halogens is 2. The van der Waals surface area contributed by atoms with E-state index in [1.165, 1.54) is 6.07 Å². The third-order valence-electron chi connectivity index (χ3n) is 5.25. The molecule has 1 aromatic carbocycles. The van der Waals surface area contributed by atoms with Gasteiger partial charge in [0.1, 0.15) is 5.75 Å². The van der Waals surface area contributed by atoms with Crippen LogP contribution in [0, 0.1) is 5.41 Å². The summed E-state index contributed by atoms with van der Waals surface area (Å²) < 4.78 is 29.1. The number of benzene rings is 1. The van der Waals surface area contributed by atoms with Crippen LogP contribution in [0.5, 0.6) is 5.75 Å². The summed E-state index contributed by atoms with van der Waals surface area (Å²) in [7, 11) is 0. The molecular formula is C18H21F2NO4. The van der Waals surface area contributed by atoms with Crippen molar-refractivity contribution in [1.82, 2.24) is 5.32 Å². The number of aryl methyl sites for hydroxylation is 1. The number of ether oxygens (including phenoxy) is 1. The third kappa shape index (κ3) is 3.75. The van der Waals surface area contributed by atoms with Gasteiger partial charge in [-0.2, -0.15) is 8.78 Å². The fourth-order valence-electron chi connectivity index (χ4n) is 3.74. The van der Waals surface area contributed by atoms with E-state index in [1.807, 2.05) is 0 Å². The van der Waals surface area contributed by atoms with Crippen LogP contribution in [-0.4, -0.2) is 23.6 Å². The number of carboxylic acid groups (broad SMARTS) is 1. The zero-order chi connectivity index (χ0) is 18.0. The summed E-state index contributed by atoms with van der Waals surface area (Å²) in [5.74, 6) is -1.07. The number of carbonyl (C=O) groups is 2. The van der Waals surface area contributed by atoms with Gasteiger partial charge in [0.15, 0.2) is 0 Å². The van der Waals surface area contributed by atoms with Crippen LogP contribution in [-0.2, 0) is 16.0 Å². The molecule has 5 nitrogen and oxygen atoms in total. The van der Waals surface area contributed by atoms with Crippen molar-refractivity contribution in [3.8, 4) is 5.75 Å². The Balaban J connectivity index is 1.68. The second kappa shape index (κ2) is 6.98. The van der Waals surface area contributed by atoms with Crippen LogP contribution < -0.4 is 10.1 Å². The van der Waals surface area contributed by atoms with Crippen molar-refractivity contribution in [2.45, 2.75) is 57.6 Å². The van der Waals surface area contributed by atoms with Gasteiger partial charge in [0.2, 0.25) is 5.91 Å². The average Bonchev–Trinajstić information content (AvgIpc) is 2.50. The molecule has 1 amide bonds. The fourth-order valence-corrected chi connectivity index (χ4v) is 3.74. The van der Waals surface area contributed by atoms with Crippen LogP contribution >= 0.6 is 0 Å². The number of aliphatic carboxylic acids is 1. The van der Waals surface area contributed by atoms with E-state index >= 15 is 0 Å². The molecule has 2 N–H and O–H groups in total. The van der Waals surface area contributed by atoms with Gasteiger partial charge in [-0.3, -0.25) is 9.59 Å². The summed E-state index contributed by atoms with van der Waals surface area (Å²) in [6.07, 6.45) is 4.19. The first-order chi connectivity index (χ1) is 11.9. The summed E-state index contributed by atoms with van der Waals surface area (Å²) in [6.45, 7) is -2.87. The molecule has 1 unspecified atom stereocenters. The lowest BCUT2D eigenvalue weighted by molar-refractivity contribution is -0.157. The molecule has 7 heteroatoms. The highest BCUT2D eigenvalue weighted by Crippen LogP contribution is 2.44. The molecule has 2 aliphatic rings. The number of nitrogens with one attached hydrogen (secondary N) is 1. The van der Waals surface area contributed by atoms with E-state index in [0.717, 1.165) is 36.8 Å². The van der Waals surface area contributed by atoms with Crippen molar-refractivity contribution in [2.24, 2.45) is 5.41 Å². The van der Waals surface area contributed by atoms with Gasteiger partial charge in [-0.15, -0.1) is 0 Å². The maximum atomic E-state index is 12.3. The number of carbonyl (C=O) groups excluding carboxylic acids is 1. The molecular weight excluding hydrogens is 332 g/mol. The molecule has 0 saturated heterocycles. The minimum absolute atomic E-state index is 0.0132. The van der Waals surface area contributed by atoms with E-state index in [0.29, 0.717) is 12.8 Å². The lowest BCUT2D eigenvalue weighted by Gasteiger charge is -2.37. The molecule has 1 aromatic rings. The highest BCUT2D eigenvalue weighted by atomic mass is 19.3. The Bertz CT molecular complexity index is 673. The summed E-state index contributed by atoms with van der Waals surface area (Å²) in [6, 6.07) is 4.54. The van der Waals surface area contributed by atoms with Gasteiger partial charge in [-0.05, 0) is 55.4 Å². The number of hydrogen-bond acceptors (Lipinski definition) is 3. The highest BCUT2D eigenvalue weighted by molar-refractivity contribution is 5.85. The molecule has 25 heavy (non-hydrogen) atoms. The largest absolute Gasteiger partial charge is 0.481 e. The molecule has 1 saturated carbocycles. The van der Waals surface area contributed by atoms with E-state index in [9.17, 15) is 23.5 Å². The van der Waals surface area contributed by atoms with Crippen molar-refractivity contribution in [3.05, 3.63) is 29.3 Å². The molecule has 0 heterocycles. The number of fused-ring (bicyclic) bond motifs is 1. The predicted molar refractivity (Wildman–Crippen MR) is 85.4 cm³/mol. The molecule has 0 radical (unpaired) electrons.